The van der Waals surface area contributed by atoms with Crippen LogP contribution in [0.5, 0.6) is 17.2 Å². The summed E-state index contributed by atoms with van der Waals surface area (Å²) in [6.07, 6.45) is -0.172. The molecule has 4 rings (SSSR count). The highest BCUT2D eigenvalue weighted by Crippen LogP contribution is 2.35. The van der Waals surface area contributed by atoms with Crippen molar-refractivity contribution >= 4 is 11.7 Å². The lowest BCUT2D eigenvalue weighted by molar-refractivity contribution is -0.140. The smallest absolute Gasteiger partial charge is 0.306 e. The predicted molar refractivity (Wildman–Crippen MR) is 145 cm³/mol. The van der Waals surface area contributed by atoms with E-state index in [1.807, 2.05) is 24.3 Å². The highest BCUT2D eigenvalue weighted by Gasteiger charge is 2.28. The molecule has 0 radical (unpaired) electrons. The van der Waals surface area contributed by atoms with E-state index in [0.29, 0.717) is 29.2 Å². The van der Waals surface area contributed by atoms with Gasteiger partial charge in [-0.1, -0.05) is 6.07 Å². The number of benzene rings is 2. The quantitative estimate of drug-likeness (QED) is 0.373. The van der Waals surface area contributed by atoms with Crippen molar-refractivity contribution in [1.82, 2.24) is 4.90 Å². The van der Waals surface area contributed by atoms with Crippen LogP contribution < -0.4 is 19.8 Å². The van der Waals surface area contributed by atoms with Crippen molar-refractivity contribution < 1.29 is 33.6 Å². The predicted octanol–water partition coefficient (Wildman–Crippen LogP) is 2.87. The Morgan fingerprint density at radius 3 is 2.33 bits per heavy atom. The zero-order valence-electron chi connectivity index (χ0n) is 22.4. The molecule has 2 heterocycles. The molecule has 0 amide bonds. The number of hydrogen-bond acceptors (Lipinski definition) is 10. The van der Waals surface area contributed by atoms with Crippen LogP contribution in [0.3, 0.4) is 0 Å². The summed E-state index contributed by atoms with van der Waals surface area (Å²) in [7, 11) is 4.40. The zero-order valence-corrected chi connectivity index (χ0v) is 22.4. The van der Waals surface area contributed by atoms with Gasteiger partial charge >= 0.3 is 5.97 Å². The Bertz CT molecular complexity index is 1330. The van der Waals surface area contributed by atoms with E-state index in [4.69, 9.17) is 18.6 Å². The SMILES string of the molecule is COC(=O)CC(c1ccc(OC)c(CO)c1)c1oc(CN2CCN(c3ccc(OC)cc3)CC2)cc(=O)c1O. The van der Waals surface area contributed by atoms with Crippen LogP contribution in [0.4, 0.5) is 5.69 Å². The van der Waals surface area contributed by atoms with Crippen molar-refractivity contribution in [3.8, 4) is 17.2 Å². The highest BCUT2D eigenvalue weighted by atomic mass is 16.5. The number of aliphatic hydroxyl groups is 1. The van der Waals surface area contributed by atoms with E-state index in [9.17, 15) is 19.8 Å². The third kappa shape index (κ3) is 6.52. The summed E-state index contributed by atoms with van der Waals surface area (Å²) in [5.41, 5.74) is 1.58. The lowest BCUT2D eigenvalue weighted by Gasteiger charge is -2.36. The van der Waals surface area contributed by atoms with Crippen LogP contribution in [0.25, 0.3) is 0 Å². The van der Waals surface area contributed by atoms with Crippen molar-refractivity contribution in [2.45, 2.75) is 25.5 Å². The summed E-state index contributed by atoms with van der Waals surface area (Å²) < 4.78 is 21.5. The van der Waals surface area contributed by atoms with Gasteiger partial charge in [-0.25, -0.2) is 0 Å². The Morgan fingerprint density at radius 1 is 1.00 bits per heavy atom. The lowest BCUT2D eigenvalue weighted by Crippen LogP contribution is -2.46. The van der Waals surface area contributed by atoms with E-state index < -0.39 is 23.1 Å². The minimum absolute atomic E-state index is 0.0196. The van der Waals surface area contributed by atoms with Gasteiger partial charge in [-0.2, -0.15) is 0 Å². The summed E-state index contributed by atoms with van der Waals surface area (Å²) in [6, 6.07) is 14.2. The summed E-state index contributed by atoms with van der Waals surface area (Å²) in [4.78, 5) is 29.5. The van der Waals surface area contributed by atoms with Gasteiger partial charge in [0.2, 0.25) is 11.2 Å². The van der Waals surface area contributed by atoms with Crippen molar-refractivity contribution in [3.63, 3.8) is 0 Å². The third-order valence-electron chi connectivity index (χ3n) is 6.98. The average Bonchev–Trinajstić information content (AvgIpc) is 2.97. The Balaban J connectivity index is 1.56. The first-order chi connectivity index (χ1) is 18.9. The molecule has 1 fully saturated rings. The molecule has 0 aliphatic carbocycles. The summed E-state index contributed by atoms with van der Waals surface area (Å²) in [6.45, 7) is 3.16. The third-order valence-corrected chi connectivity index (χ3v) is 6.98. The Kier molecular flexibility index (Phi) is 9.11. The van der Waals surface area contributed by atoms with E-state index in [1.54, 1.807) is 25.3 Å². The number of carbonyl (C=O) groups is 1. The van der Waals surface area contributed by atoms with E-state index in [0.717, 1.165) is 37.6 Å². The molecule has 0 spiro atoms. The standard InChI is InChI=1S/C29H34N2O8/c1-36-22-7-5-21(6-8-22)31-12-10-30(11-13-31)17-23-15-25(33)28(35)29(39-23)24(16-27(34)38-3)19-4-9-26(37-2)20(14-19)18-32/h4-9,14-15,24,32,35H,10-13,16-18H2,1-3H3. The number of methoxy groups -OCH3 is 3. The van der Waals surface area contributed by atoms with Gasteiger partial charge < -0.3 is 33.7 Å². The van der Waals surface area contributed by atoms with Gasteiger partial charge in [-0.3, -0.25) is 14.5 Å². The molecular weight excluding hydrogens is 504 g/mol. The highest BCUT2D eigenvalue weighted by molar-refractivity contribution is 5.71. The van der Waals surface area contributed by atoms with Crippen molar-refractivity contribution in [1.29, 1.82) is 0 Å². The Morgan fingerprint density at radius 2 is 1.72 bits per heavy atom. The molecule has 1 aromatic heterocycles. The molecule has 1 aliphatic heterocycles. The monoisotopic (exact) mass is 538 g/mol. The van der Waals surface area contributed by atoms with Crippen LogP contribution in [0.15, 0.2) is 57.7 Å². The van der Waals surface area contributed by atoms with Gasteiger partial charge in [0, 0.05) is 43.5 Å². The fraction of sp³-hybridized carbons (Fsp3) is 0.379. The van der Waals surface area contributed by atoms with Gasteiger partial charge in [-0.15, -0.1) is 0 Å². The van der Waals surface area contributed by atoms with Crippen molar-refractivity contribution in [2.24, 2.45) is 0 Å². The van der Waals surface area contributed by atoms with Crippen LogP contribution in [0.2, 0.25) is 0 Å². The second-order valence-electron chi connectivity index (χ2n) is 9.31. The molecule has 0 saturated carbocycles. The number of esters is 1. The van der Waals surface area contributed by atoms with Crippen LogP contribution in [0, 0.1) is 0 Å². The number of carbonyl (C=O) groups excluding carboxylic acids is 1. The van der Waals surface area contributed by atoms with Gasteiger partial charge in [0.25, 0.3) is 0 Å². The molecule has 208 valence electrons. The maximum Gasteiger partial charge on any atom is 0.306 e. The summed E-state index contributed by atoms with van der Waals surface area (Å²) in [5, 5.41) is 20.5. The Hall–Kier alpha value is -4.02. The minimum Gasteiger partial charge on any atom is -0.502 e. The van der Waals surface area contributed by atoms with Crippen LogP contribution in [0.1, 0.15) is 35.0 Å². The number of aromatic hydroxyl groups is 1. The first-order valence-electron chi connectivity index (χ1n) is 12.7. The normalized spacial score (nSPS) is 14.6. The summed E-state index contributed by atoms with van der Waals surface area (Å²) in [5.74, 6) is -0.255. The fourth-order valence-electron chi connectivity index (χ4n) is 4.80. The topological polar surface area (TPSA) is 122 Å². The number of aliphatic hydroxyl groups excluding tert-OH is 1. The van der Waals surface area contributed by atoms with Crippen LogP contribution in [-0.2, 0) is 22.7 Å². The first kappa shape index (κ1) is 28.0. The average molecular weight is 539 g/mol. The Labute approximate surface area is 226 Å². The second-order valence-corrected chi connectivity index (χ2v) is 9.31. The van der Waals surface area contributed by atoms with Crippen LogP contribution >= 0.6 is 0 Å². The maximum absolute atomic E-state index is 12.8. The number of piperazine rings is 1. The van der Waals surface area contributed by atoms with E-state index >= 15 is 0 Å². The van der Waals surface area contributed by atoms with Crippen molar-refractivity contribution in [2.75, 3.05) is 52.4 Å². The molecule has 1 saturated heterocycles. The van der Waals surface area contributed by atoms with Gasteiger partial charge in [0.05, 0.1) is 46.8 Å². The molecule has 1 unspecified atom stereocenters. The largest absolute Gasteiger partial charge is 0.502 e. The lowest BCUT2D eigenvalue weighted by atomic mass is 9.91. The molecule has 10 nitrogen and oxygen atoms in total. The maximum atomic E-state index is 12.8. The molecule has 10 heteroatoms. The molecule has 1 aliphatic rings. The number of nitrogens with zero attached hydrogens (tertiary/aromatic N) is 2. The molecule has 2 N–H and O–H groups in total. The number of anilines is 1. The molecule has 2 aromatic carbocycles. The molecular formula is C29H34N2O8. The number of ether oxygens (including phenoxy) is 3. The fourth-order valence-corrected chi connectivity index (χ4v) is 4.80. The first-order valence-corrected chi connectivity index (χ1v) is 12.7. The van der Waals surface area contributed by atoms with E-state index in [1.165, 1.54) is 20.3 Å². The molecule has 0 bridgehead atoms. The second kappa shape index (κ2) is 12.7. The molecule has 3 aromatic rings. The summed E-state index contributed by atoms with van der Waals surface area (Å²) >= 11 is 0. The zero-order chi connectivity index (χ0) is 27.9. The van der Waals surface area contributed by atoms with Crippen LogP contribution in [-0.4, -0.2) is 68.6 Å². The van der Waals surface area contributed by atoms with E-state index in [-0.39, 0.29) is 18.8 Å². The van der Waals surface area contributed by atoms with Gasteiger partial charge in [0.1, 0.15) is 17.3 Å². The van der Waals surface area contributed by atoms with Gasteiger partial charge in [-0.05, 0) is 42.0 Å². The minimum atomic E-state index is -0.812. The molecule has 1 atom stereocenters. The molecule has 39 heavy (non-hydrogen) atoms. The van der Waals surface area contributed by atoms with Gasteiger partial charge in [0.15, 0.2) is 5.76 Å². The number of rotatable bonds is 10. The van der Waals surface area contributed by atoms with Crippen molar-refractivity contribution in [3.05, 3.63) is 81.4 Å². The van der Waals surface area contributed by atoms with E-state index in [2.05, 4.69) is 9.80 Å². The number of hydrogen-bond donors (Lipinski definition) is 2.